The van der Waals surface area contributed by atoms with Gasteiger partial charge in [0.2, 0.25) is 0 Å². The van der Waals surface area contributed by atoms with Gasteiger partial charge in [-0.15, -0.1) is 0 Å². The van der Waals surface area contributed by atoms with Gasteiger partial charge in [0.1, 0.15) is 5.82 Å². The molecule has 0 radical (unpaired) electrons. The van der Waals surface area contributed by atoms with Crippen LogP contribution in [-0.4, -0.2) is 4.92 Å². The van der Waals surface area contributed by atoms with E-state index in [0.29, 0.717) is 15.6 Å². The highest BCUT2D eigenvalue weighted by atomic mass is 79.9. The van der Waals surface area contributed by atoms with Crippen molar-refractivity contribution in [3.05, 3.63) is 74.0 Å². The molecule has 1 atom stereocenters. The van der Waals surface area contributed by atoms with E-state index in [1.54, 1.807) is 24.3 Å². The number of hydrogen-bond acceptors (Lipinski definition) is 3. The molecule has 0 bridgehead atoms. The average molecular weight is 339 g/mol. The number of nitro groups is 1. The summed E-state index contributed by atoms with van der Waals surface area (Å²) in [5, 5.41) is 10.9. The fraction of sp³-hybridized carbons (Fsp3) is 0.143. The lowest BCUT2D eigenvalue weighted by molar-refractivity contribution is -0.385. The van der Waals surface area contributed by atoms with Crippen molar-refractivity contribution in [3.8, 4) is 0 Å². The largest absolute Gasteiger partial charge is 0.324 e. The van der Waals surface area contributed by atoms with Crippen LogP contribution in [0.2, 0.25) is 0 Å². The van der Waals surface area contributed by atoms with Crippen molar-refractivity contribution in [1.82, 2.24) is 0 Å². The highest BCUT2D eigenvalue weighted by Crippen LogP contribution is 2.25. The Morgan fingerprint density at radius 3 is 2.65 bits per heavy atom. The second-order valence-corrected chi connectivity index (χ2v) is 5.31. The number of nitro benzene ring substituents is 1. The van der Waals surface area contributed by atoms with E-state index in [2.05, 4.69) is 15.9 Å². The van der Waals surface area contributed by atoms with Crippen LogP contribution >= 0.6 is 15.9 Å². The van der Waals surface area contributed by atoms with E-state index in [1.165, 1.54) is 18.2 Å². The average Bonchev–Trinajstić information content (AvgIpc) is 2.37. The van der Waals surface area contributed by atoms with E-state index >= 15 is 0 Å². The second-order valence-electron chi connectivity index (χ2n) is 4.40. The van der Waals surface area contributed by atoms with Crippen LogP contribution < -0.4 is 5.73 Å². The van der Waals surface area contributed by atoms with Crippen molar-refractivity contribution in [1.29, 1.82) is 0 Å². The van der Waals surface area contributed by atoms with Gasteiger partial charge in [0.15, 0.2) is 0 Å². The number of nitrogens with zero attached hydrogens (tertiary/aromatic N) is 1. The summed E-state index contributed by atoms with van der Waals surface area (Å²) in [7, 11) is 0. The van der Waals surface area contributed by atoms with Crippen LogP contribution in [0.5, 0.6) is 0 Å². The smallest absolute Gasteiger partial charge is 0.272 e. The third kappa shape index (κ3) is 3.40. The Kier molecular flexibility index (Phi) is 4.46. The van der Waals surface area contributed by atoms with Gasteiger partial charge in [0.05, 0.1) is 4.92 Å². The maximum absolute atomic E-state index is 13.3. The van der Waals surface area contributed by atoms with Gasteiger partial charge in [-0.05, 0) is 30.2 Å². The maximum atomic E-state index is 13.3. The van der Waals surface area contributed by atoms with Crippen molar-refractivity contribution in [3.63, 3.8) is 0 Å². The molecule has 0 saturated carbocycles. The molecule has 20 heavy (non-hydrogen) atoms. The summed E-state index contributed by atoms with van der Waals surface area (Å²) >= 11 is 3.20. The van der Waals surface area contributed by atoms with Gasteiger partial charge < -0.3 is 5.73 Å². The van der Waals surface area contributed by atoms with Crippen molar-refractivity contribution >= 4 is 21.6 Å². The number of para-hydroxylation sites is 1. The Bertz CT molecular complexity index is 629. The molecule has 2 rings (SSSR count). The number of rotatable bonds is 4. The molecule has 2 aromatic rings. The van der Waals surface area contributed by atoms with Gasteiger partial charge in [-0.1, -0.05) is 34.1 Å². The van der Waals surface area contributed by atoms with E-state index < -0.39 is 16.8 Å². The number of nitrogens with two attached hydrogens (primary N) is 1. The number of hydrogen-bond donors (Lipinski definition) is 1. The molecule has 6 heteroatoms. The molecule has 2 aromatic carbocycles. The fourth-order valence-corrected chi connectivity index (χ4v) is 2.49. The van der Waals surface area contributed by atoms with E-state index in [-0.39, 0.29) is 12.1 Å². The third-order valence-corrected chi connectivity index (χ3v) is 3.40. The summed E-state index contributed by atoms with van der Waals surface area (Å²) in [5.74, 6) is -0.396. The zero-order valence-corrected chi connectivity index (χ0v) is 12.0. The molecular weight excluding hydrogens is 327 g/mol. The summed E-state index contributed by atoms with van der Waals surface area (Å²) < 4.78 is 13.9. The quantitative estimate of drug-likeness (QED) is 0.681. The first-order chi connectivity index (χ1) is 9.47. The molecular formula is C14H12BrFN2O2. The molecule has 4 nitrogen and oxygen atoms in total. The number of benzene rings is 2. The Labute approximate surface area is 123 Å². The topological polar surface area (TPSA) is 69.2 Å². The standard InChI is InChI=1S/C14H12BrFN2O2/c15-11-5-10(6-12(16)8-11)13(17)7-9-3-1-2-4-14(9)18(19)20/h1-6,8,13H,7,17H2. The molecule has 0 saturated heterocycles. The first-order valence-corrected chi connectivity index (χ1v) is 6.70. The Hall–Kier alpha value is -1.79. The lowest BCUT2D eigenvalue weighted by Crippen LogP contribution is -2.14. The molecule has 104 valence electrons. The summed E-state index contributed by atoms with van der Waals surface area (Å²) in [4.78, 5) is 10.5. The van der Waals surface area contributed by atoms with Crippen LogP contribution in [0.1, 0.15) is 17.2 Å². The molecule has 0 heterocycles. The Morgan fingerprint density at radius 2 is 2.00 bits per heavy atom. The van der Waals surface area contributed by atoms with Gasteiger partial charge in [0.25, 0.3) is 5.69 Å². The van der Waals surface area contributed by atoms with Crippen LogP contribution in [0.25, 0.3) is 0 Å². The Balaban J connectivity index is 2.28. The lowest BCUT2D eigenvalue weighted by atomic mass is 9.98. The van der Waals surface area contributed by atoms with Gasteiger partial charge in [-0.3, -0.25) is 10.1 Å². The van der Waals surface area contributed by atoms with Crippen molar-refractivity contribution in [2.75, 3.05) is 0 Å². The van der Waals surface area contributed by atoms with Crippen LogP contribution in [-0.2, 0) is 6.42 Å². The first-order valence-electron chi connectivity index (χ1n) is 5.91. The van der Waals surface area contributed by atoms with Gasteiger partial charge in [-0.2, -0.15) is 0 Å². The molecule has 0 aliphatic heterocycles. The summed E-state index contributed by atoms with van der Waals surface area (Å²) in [6.45, 7) is 0. The predicted molar refractivity (Wildman–Crippen MR) is 77.8 cm³/mol. The van der Waals surface area contributed by atoms with Crippen LogP contribution in [0.3, 0.4) is 0 Å². The molecule has 2 N–H and O–H groups in total. The molecule has 0 aliphatic rings. The van der Waals surface area contributed by atoms with E-state index in [1.807, 2.05) is 0 Å². The highest BCUT2D eigenvalue weighted by Gasteiger charge is 2.17. The van der Waals surface area contributed by atoms with Crippen molar-refractivity contribution in [2.45, 2.75) is 12.5 Å². The minimum Gasteiger partial charge on any atom is -0.324 e. The second kappa shape index (κ2) is 6.11. The summed E-state index contributed by atoms with van der Waals surface area (Å²) in [6.07, 6.45) is 0.271. The molecule has 0 aromatic heterocycles. The van der Waals surface area contributed by atoms with Gasteiger partial charge >= 0.3 is 0 Å². The summed E-state index contributed by atoms with van der Waals surface area (Å²) in [6, 6.07) is 10.3. The SMILES string of the molecule is NC(Cc1ccccc1[N+](=O)[O-])c1cc(F)cc(Br)c1. The van der Waals surface area contributed by atoms with Gasteiger partial charge in [-0.25, -0.2) is 4.39 Å². The molecule has 0 amide bonds. The minimum absolute atomic E-state index is 0.0263. The first kappa shape index (κ1) is 14.6. The Morgan fingerprint density at radius 1 is 1.30 bits per heavy atom. The zero-order chi connectivity index (χ0) is 14.7. The van der Waals surface area contributed by atoms with Crippen LogP contribution in [0.4, 0.5) is 10.1 Å². The predicted octanol–water partition coefficient (Wildman–Crippen LogP) is 3.74. The molecule has 0 aliphatic carbocycles. The molecule has 1 unspecified atom stereocenters. The fourth-order valence-electron chi connectivity index (χ4n) is 2.01. The number of halogens is 2. The minimum atomic E-state index is -0.511. The lowest BCUT2D eigenvalue weighted by Gasteiger charge is -2.13. The molecule has 0 fully saturated rings. The van der Waals surface area contributed by atoms with E-state index in [0.717, 1.165) is 0 Å². The van der Waals surface area contributed by atoms with E-state index in [9.17, 15) is 14.5 Å². The third-order valence-electron chi connectivity index (χ3n) is 2.94. The van der Waals surface area contributed by atoms with Crippen molar-refractivity contribution in [2.24, 2.45) is 5.73 Å². The molecule has 0 spiro atoms. The van der Waals surface area contributed by atoms with Crippen molar-refractivity contribution < 1.29 is 9.31 Å². The van der Waals surface area contributed by atoms with Crippen LogP contribution in [0, 0.1) is 15.9 Å². The normalized spacial score (nSPS) is 12.2. The monoisotopic (exact) mass is 338 g/mol. The van der Waals surface area contributed by atoms with Gasteiger partial charge in [0, 0.05) is 22.1 Å². The van der Waals surface area contributed by atoms with E-state index in [4.69, 9.17) is 5.73 Å². The maximum Gasteiger partial charge on any atom is 0.272 e. The summed E-state index contributed by atoms with van der Waals surface area (Å²) in [5.41, 5.74) is 7.18. The zero-order valence-electron chi connectivity index (χ0n) is 10.4. The highest BCUT2D eigenvalue weighted by molar-refractivity contribution is 9.10. The van der Waals surface area contributed by atoms with Crippen LogP contribution in [0.15, 0.2) is 46.9 Å².